The molecule has 0 aromatic heterocycles. The van der Waals surface area contributed by atoms with Gasteiger partial charge in [0.05, 0.1) is 0 Å². The Hall–Kier alpha value is -2.00. The maximum absolute atomic E-state index is 9.76. The van der Waals surface area contributed by atoms with Crippen LogP contribution in [0.4, 0.5) is 0 Å². The van der Waals surface area contributed by atoms with Gasteiger partial charge in [0.15, 0.2) is 11.5 Å². The lowest BCUT2D eigenvalue weighted by atomic mass is 9.49. The van der Waals surface area contributed by atoms with Crippen LogP contribution in [0.2, 0.25) is 0 Å². The second-order valence-electron chi connectivity index (χ2n) is 10.5. The van der Waals surface area contributed by atoms with Crippen molar-refractivity contribution in [1.82, 2.24) is 5.32 Å². The monoisotopic (exact) mass is 407 g/mol. The molecule has 0 amide bonds. The number of rotatable bonds is 5. The van der Waals surface area contributed by atoms with Crippen molar-refractivity contribution >= 4 is 0 Å². The normalized spacial score (nSPS) is 28.2. The van der Waals surface area contributed by atoms with Gasteiger partial charge in [0.1, 0.15) is 0 Å². The van der Waals surface area contributed by atoms with Crippen LogP contribution in [0.5, 0.6) is 11.5 Å². The molecule has 0 radical (unpaired) electrons. The van der Waals surface area contributed by atoms with Crippen LogP contribution in [0.3, 0.4) is 0 Å². The molecule has 1 fully saturated rings. The molecule has 2 aliphatic carbocycles. The van der Waals surface area contributed by atoms with Crippen molar-refractivity contribution in [3.63, 3.8) is 0 Å². The molecule has 3 atom stereocenters. The predicted octanol–water partition coefficient (Wildman–Crippen LogP) is 6.02. The van der Waals surface area contributed by atoms with Crippen LogP contribution >= 0.6 is 0 Å². The van der Waals surface area contributed by atoms with Crippen molar-refractivity contribution in [3.8, 4) is 11.5 Å². The van der Waals surface area contributed by atoms with E-state index in [-0.39, 0.29) is 22.3 Å². The largest absolute Gasteiger partial charge is 0.504 e. The van der Waals surface area contributed by atoms with Crippen molar-refractivity contribution in [2.24, 2.45) is 11.3 Å². The van der Waals surface area contributed by atoms with Crippen molar-refractivity contribution in [3.05, 3.63) is 58.7 Å². The number of phenolic OH excluding ortho intramolecular Hbond substituents is 2. The van der Waals surface area contributed by atoms with Gasteiger partial charge in [-0.15, -0.1) is 0 Å². The van der Waals surface area contributed by atoms with Crippen molar-refractivity contribution < 1.29 is 10.2 Å². The third-order valence-electron chi connectivity index (χ3n) is 8.07. The Morgan fingerprint density at radius 3 is 2.57 bits per heavy atom. The molecule has 2 aliphatic rings. The molecule has 2 aromatic rings. The molecule has 0 bridgehead atoms. The van der Waals surface area contributed by atoms with Crippen LogP contribution < -0.4 is 5.32 Å². The van der Waals surface area contributed by atoms with Gasteiger partial charge in [-0.25, -0.2) is 0 Å². The second-order valence-corrected chi connectivity index (χ2v) is 10.5. The SMILES string of the molecule is CC(C)c1ccc2c(c1)CC[C@@H]1[C@@](C)(CNCc3ccc(O)c(O)c3)CCC[C@]21C. The van der Waals surface area contributed by atoms with E-state index in [1.807, 2.05) is 6.07 Å². The first-order valence-corrected chi connectivity index (χ1v) is 11.6. The van der Waals surface area contributed by atoms with Crippen molar-refractivity contribution in [1.29, 1.82) is 0 Å². The zero-order valence-corrected chi connectivity index (χ0v) is 19.0. The summed E-state index contributed by atoms with van der Waals surface area (Å²) in [4.78, 5) is 0. The van der Waals surface area contributed by atoms with E-state index in [4.69, 9.17) is 0 Å². The minimum atomic E-state index is -0.0599. The summed E-state index contributed by atoms with van der Waals surface area (Å²) < 4.78 is 0. The predicted molar refractivity (Wildman–Crippen MR) is 123 cm³/mol. The minimum Gasteiger partial charge on any atom is -0.504 e. The minimum absolute atomic E-state index is 0.0459. The van der Waals surface area contributed by atoms with Gasteiger partial charge in [-0.1, -0.05) is 58.4 Å². The van der Waals surface area contributed by atoms with Crippen LogP contribution in [-0.2, 0) is 18.4 Å². The van der Waals surface area contributed by atoms with E-state index in [1.54, 1.807) is 23.3 Å². The lowest BCUT2D eigenvalue weighted by molar-refractivity contribution is 0.0257. The van der Waals surface area contributed by atoms with Gasteiger partial charge in [0.2, 0.25) is 0 Å². The van der Waals surface area contributed by atoms with E-state index in [2.05, 4.69) is 51.2 Å². The fraction of sp³-hybridized carbons (Fsp3) is 0.556. The molecular weight excluding hydrogens is 370 g/mol. The number of phenols is 2. The Morgan fingerprint density at radius 2 is 1.83 bits per heavy atom. The van der Waals surface area contributed by atoms with Crippen LogP contribution in [0.1, 0.15) is 81.5 Å². The van der Waals surface area contributed by atoms with E-state index in [0.717, 1.165) is 12.1 Å². The fourth-order valence-electron chi connectivity index (χ4n) is 6.39. The molecule has 0 saturated heterocycles. The standard InChI is InChI=1S/C27H37NO2/c1-18(2)20-7-9-22-21(15-20)8-11-25-26(3,12-5-13-27(22,25)4)17-28-16-19-6-10-23(29)24(30)14-19/h6-7,9-10,14-15,18,25,28-30H,5,8,11-13,16-17H2,1-4H3/t25-,26-,27-/m1/s1. The van der Waals surface area contributed by atoms with Crippen LogP contribution in [0.15, 0.2) is 36.4 Å². The van der Waals surface area contributed by atoms with Gasteiger partial charge in [0.25, 0.3) is 0 Å². The number of benzene rings is 2. The molecule has 3 heteroatoms. The maximum atomic E-state index is 9.76. The first kappa shape index (κ1) is 21.2. The fourth-order valence-corrected chi connectivity index (χ4v) is 6.39. The van der Waals surface area contributed by atoms with Gasteiger partial charge in [-0.05, 0) is 82.7 Å². The summed E-state index contributed by atoms with van der Waals surface area (Å²) in [6, 6.07) is 12.4. The van der Waals surface area contributed by atoms with E-state index >= 15 is 0 Å². The van der Waals surface area contributed by atoms with E-state index in [1.165, 1.54) is 37.7 Å². The molecule has 2 aromatic carbocycles. The first-order valence-electron chi connectivity index (χ1n) is 11.6. The Morgan fingerprint density at radius 1 is 1.03 bits per heavy atom. The van der Waals surface area contributed by atoms with Crippen LogP contribution in [-0.4, -0.2) is 16.8 Å². The van der Waals surface area contributed by atoms with Crippen molar-refractivity contribution in [2.45, 2.75) is 77.7 Å². The lowest BCUT2D eigenvalue weighted by Crippen LogP contribution is -2.52. The summed E-state index contributed by atoms with van der Waals surface area (Å²) in [5.41, 5.74) is 6.17. The third kappa shape index (κ3) is 3.73. The Kier molecular flexibility index (Phi) is 5.61. The van der Waals surface area contributed by atoms with E-state index in [9.17, 15) is 10.2 Å². The summed E-state index contributed by atoms with van der Waals surface area (Å²) in [6.45, 7) is 11.2. The average Bonchev–Trinajstić information content (AvgIpc) is 2.70. The maximum Gasteiger partial charge on any atom is 0.157 e. The van der Waals surface area contributed by atoms with E-state index in [0.29, 0.717) is 18.4 Å². The molecule has 30 heavy (non-hydrogen) atoms. The zero-order chi connectivity index (χ0) is 21.5. The van der Waals surface area contributed by atoms with Crippen LogP contribution in [0, 0.1) is 11.3 Å². The first-order chi connectivity index (χ1) is 14.2. The Bertz CT molecular complexity index is 921. The number of hydrogen-bond acceptors (Lipinski definition) is 3. The summed E-state index contributed by atoms with van der Waals surface area (Å²) in [5, 5.41) is 22.9. The molecule has 3 nitrogen and oxygen atoms in total. The zero-order valence-electron chi connectivity index (χ0n) is 19.0. The highest BCUT2D eigenvalue weighted by molar-refractivity contribution is 5.42. The Labute approximate surface area is 181 Å². The number of hydrogen-bond donors (Lipinski definition) is 3. The molecule has 0 aliphatic heterocycles. The molecule has 1 saturated carbocycles. The smallest absolute Gasteiger partial charge is 0.157 e. The molecule has 162 valence electrons. The van der Waals surface area contributed by atoms with Gasteiger partial charge in [-0.3, -0.25) is 0 Å². The quantitative estimate of drug-likeness (QED) is 0.531. The van der Waals surface area contributed by atoms with Gasteiger partial charge in [-0.2, -0.15) is 0 Å². The highest BCUT2D eigenvalue weighted by atomic mass is 16.3. The second kappa shape index (κ2) is 7.92. The lowest BCUT2D eigenvalue weighted by Gasteiger charge is -2.55. The number of aromatic hydroxyl groups is 2. The summed E-state index contributed by atoms with van der Waals surface area (Å²) in [6.07, 6.45) is 6.28. The highest BCUT2D eigenvalue weighted by Crippen LogP contribution is 2.57. The van der Waals surface area contributed by atoms with Crippen molar-refractivity contribution in [2.75, 3.05) is 6.54 Å². The third-order valence-corrected chi connectivity index (χ3v) is 8.07. The summed E-state index contributed by atoms with van der Waals surface area (Å²) in [7, 11) is 0. The van der Waals surface area contributed by atoms with Gasteiger partial charge < -0.3 is 15.5 Å². The topological polar surface area (TPSA) is 52.5 Å². The summed E-state index contributed by atoms with van der Waals surface area (Å²) >= 11 is 0. The molecular formula is C27H37NO2. The van der Waals surface area contributed by atoms with Gasteiger partial charge in [0, 0.05) is 13.1 Å². The molecule has 0 heterocycles. The molecule has 3 N–H and O–H groups in total. The molecule has 4 rings (SSSR count). The summed E-state index contributed by atoms with van der Waals surface area (Å²) in [5.74, 6) is 1.16. The van der Waals surface area contributed by atoms with E-state index < -0.39 is 0 Å². The van der Waals surface area contributed by atoms with Gasteiger partial charge >= 0.3 is 0 Å². The van der Waals surface area contributed by atoms with Crippen LogP contribution in [0.25, 0.3) is 0 Å². The number of fused-ring (bicyclic) bond motifs is 3. The average molecular weight is 408 g/mol. The molecule has 0 unspecified atom stereocenters. The molecule has 0 spiro atoms. The Balaban J connectivity index is 1.52. The number of aryl methyl sites for hydroxylation is 1. The highest BCUT2D eigenvalue weighted by Gasteiger charge is 2.51. The number of nitrogens with one attached hydrogen (secondary N) is 1.